The zero-order chi connectivity index (χ0) is 15.9. The average molecular weight is 332 g/mol. The third-order valence-corrected chi connectivity index (χ3v) is 6.41. The van der Waals surface area contributed by atoms with E-state index in [1.807, 2.05) is 13.8 Å². The molecule has 2 unspecified atom stereocenters. The molecule has 4 N–H and O–H groups in total. The van der Waals surface area contributed by atoms with E-state index >= 15 is 0 Å². The van der Waals surface area contributed by atoms with Gasteiger partial charge in [0.1, 0.15) is 5.37 Å². The van der Waals surface area contributed by atoms with Gasteiger partial charge in [0.25, 0.3) is 0 Å². The van der Waals surface area contributed by atoms with Crippen LogP contribution in [0.2, 0.25) is 0 Å². The predicted molar refractivity (Wildman–Crippen MR) is 83.4 cm³/mol. The normalized spacial score (nSPS) is 26.7. The molecule has 0 aromatic heterocycles. The van der Waals surface area contributed by atoms with E-state index in [-0.39, 0.29) is 21.7 Å². The van der Waals surface area contributed by atoms with Crippen LogP contribution >= 0.6 is 23.5 Å². The number of hydrogen-bond acceptors (Lipinski definition) is 6. The van der Waals surface area contributed by atoms with Gasteiger partial charge in [0, 0.05) is 4.75 Å². The summed E-state index contributed by atoms with van der Waals surface area (Å²) in [6, 6.07) is 0. The summed E-state index contributed by atoms with van der Waals surface area (Å²) in [4.78, 5) is 24.9. The number of aliphatic hydroxyl groups excluding tert-OH is 1. The van der Waals surface area contributed by atoms with Crippen LogP contribution in [0, 0.1) is 5.92 Å². The molecule has 0 aromatic rings. The van der Waals surface area contributed by atoms with Gasteiger partial charge in [0.2, 0.25) is 5.91 Å². The molecule has 2 rings (SSSR count). The SMILES string of the molecule is CC(O)C1C(=O)N2C(C(=O)O)=C(SC(C)(C)CCN)S[C@H]12. The monoisotopic (exact) mass is 332 g/mol. The van der Waals surface area contributed by atoms with Gasteiger partial charge in [-0.2, -0.15) is 0 Å². The maximum Gasteiger partial charge on any atom is 0.354 e. The summed E-state index contributed by atoms with van der Waals surface area (Å²) in [6.07, 6.45) is -0.0322. The van der Waals surface area contributed by atoms with E-state index in [1.54, 1.807) is 6.92 Å². The summed E-state index contributed by atoms with van der Waals surface area (Å²) in [6.45, 7) is 6.08. The van der Waals surface area contributed by atoms with E-state index < -0.39 is 18.0 Å². The summed E-state index contributed by atoms with van der Waals surface area (Å²) in [5, 5.41) is 18.8. The quantitative estimate of drug-likeness (QED) is 0.624. The minimum atomic E-state index is -1.10. The van der Waals surface area contributed by atoms with E-state index in [2.05, 4.69) is 0 Å². The molecular weight excluding hydrogens is 312 g/mol. The highest BCUT2D eigenvalue weighted by atomic mass is 32.2. The minimum absolute atomic E-state index is 0.0435. The van der Waals surface area contributed by atoms with Crippen LogP contribution in [-0.2, 0) is 9.59 Å². The summed E-state index contributed by atoms with van der Waals surface area (Å²) in [5.74, 6) is -1.94. The van der Waals surface area contributed by atoms with Crippen molar-refractivity contribution in [3.05, 3.63) is 9.93 Å². The lowest BCUT2D eigenvalue weighted by Gasteiger charge is -2.43. The van der Waals surface area contributed by atoms with E-state index in [1.165, 1.54) is 28.4 Å². The summed E-state index contributed by atoms with van der Waals surface area (Å²) < 4.78 is 0.425. The maximum atomic E-state index is 12.1. The van der Waals surface area contributed by atoms with Crippen LogP contribution in [0.25, 0.3) is 0 Å². The van der Waals surface area contributed by atoms with Crippen LogP contribution in [0.3, 0.4) is 0 Å². The second-order valence-corrected chi connectivity index (χ2v) is 8.93. The van der Waals surface area contributed by atoms with Crippen molar-refractivity contribution in [1.29, 1.82) is 0 Å². The highest BCUT2D eigenvalue weighted by Crippen LogP contribution is 2.56. The first-order valence-electron chi connectivity index (χ1n) is 6.74. The molecule has 2 aliphatic rings. The van der Waals surface area contributed by atoms with Crippen molar-refractivity contribution in [2.45, 2.75) is 43.4 Å². The van der Waals surface area contributed by atoms with E-state index in [0.717, 1.165) is 6.42 Å². The molecule has 0 bridgehead atoms. The molecule has 0 aromatic carbocycles. The minimum Gasteiger partial charge on any atom is -0.477 e. The van der Waals surface area contributed by atoms with Crippen LogP contribution < -0.4 is 5.73 Å². The fraction of sp³-hybridized carbons (Fsp3) is 0.692. The number of carboxylic acids is 1. The van der Waals surface area contributed by atoms with Crippen LogP contribution in [0.1, 0.15) is 27.2 Å². The Bertz CT molecular complexity index is 504. The Kier molecular flexibility index (Phi) is 4.63. The number of nitrogens with two attached hydrogens (primary N) is 1. The zero-order valence-electron chi connectivity index (χ0n) is 12.2. The molecule has 1 saturated heterocycles. The molecule has 2 aliphatic heterocycles. The zero-order valence-corrected chi connectivity index (χ0v) is 13.8. The van der Waals surface area contributed by atoms with E-state index in [4.69, 9.17) is 5.73 Å². The maximum absolute atomic E-state index is 12.1. The highest BCUT2D eigenvalue weighted by Gasteiger charge is 2.58. The third-order valence-electron chi connectivity index (χ3n) is 3.58. The molecular formula is C13H20N2O4S2. The molecule has 3 atom stereocenters. The van der Waals surface area contributed by atoms with Gasteiger partial charge in [-0.1, -0.05) is 25.6 Å². The van der Waals surface area contributed by atoms with Crippen LogP contribution in [0.4, 0.5) is 0 Å². The van der Waals surface area contributed by atoms with Crippen molar-refractivity contribution in [3.8, 4) is 0 Å². The fourth-order valence-corrected chi connectivity index (χ4v) is 5.96. The summed E-state index contributed by atoms with van der Waals surface area (Å²) in [7, 11) is 0. The van der Waals surface area contributed by atoms with Crippen molar-refractivity contribution in [3.63, 3.8) is 0 Å². The van der Waals surface area contributed by atoms with Crippen molar-refractivity contribution in [2.24, 2.45) is 11.7 Å². The third kappa shape index (κ3) is 2.94. The van der Waals surface area contributed by atoms with Crippen molar-refractivity contribution >= 4 is 35.4 Å². The Morgan fingerprint density at radius 2 is 2.19 bits per heavy atom. The number of nitrogens with zero attached hydrogens (tertiary/aromatic N) is 1. The molecule has 0 saturated carbocycles. The largest absolute Gasteiger partial charge is 0.477 e. The lowest BCUT2D eigenvalue weighted by atomic mass is 9.92. The average Bonchev–Trinajstić information content (AvgIpc) is 2.62. The molecule has 118 valence electrons. The number of carbonyl (C=O) groups is 2. The number of carbonyl (C=O) groups excluding carboxylic acids is 1. The first-order valence-corrected chi connectivity index (χ1v) is 8.43. The van der Waals surface area contributed by atoms with Gasteiger partial charge in [-0.15, -0.1) is 11.8 Å². The van der Waals surface area contributed by atoms with Crippen molar-refractivity contribution in [1.82, 2.24) is 4.90 Å². The highest BCUT2D eigenvalue weighted by molar-refractivity contribution is 8.23. The molecule has 1 fully saturated rings. The van der Waals surface area contributed by atoms with Gasteiger partial charge < -0.3 is 15.9 Å². The molecule has 1 amide bonds. The topological polar surface area (TPSA) is 104 Å². The molecule has 8 heteroatoms. The Morgan fingerprint density at radius 3 is 2.67 bits per heavy atom. The van der Waals surface area contributed by atoms with Gasteiger partial charge in [-0.25, -0.2) is 4.79 Å². The molecule has 21 heavy (non-hydrogen) atoms. The molecule has 2 heterocycles. The Hall–Kier alpha value is -0.700. The van der Waals surface area contributed by atoms with Crippen LogP contribution in [-0.4, -0.2) is 49.8 Å². The van der Waals surface area contributed by atoms with Gasteiger partial charge in [0.05, 0.1) is 16.3 Å². The molecule has 0 spiro atoms. The number of amides is 1. The number of aliphatic hydroxyl groups is 1. The number of hydrogen-bond donors (Lipinski definition) is 3. The van der Waals surface area contributed by atoms with Gasteiger partial charge in [-0.3, -0.25) is 9.69 Å². The fourth-order valence-electron chi connectivity index (χ4n) is 2.47. The van der Waals surface area contributed by atoms with Crippen molar-refractivity contribution in [2.75, 3.05) is 6.54 Å². The molecule has 0 aliphatic carbocycles. The van der Waals surface area contributed by atoms with Gasteiger partial charge in [0.15, 0.2) is 5.70 Å². The molecule has 6 nitrogen and oxygen atoms in total. The van der Waals surface area contributed by atoms with E-state index in [9.17, 15) is 19.8 Å². The summed E-state index contributed by atoms with van der Waals surface area (Å²) in [5.41, 5.74) is 5.63. The lowest BCUT2D eigenvalue weighted by Crippen LogP contribution is -2.60. The predicted octanol–water partition coefficient (Wildman–Crippen LogP) is 1.01. The van der Waals surface area contributed by atoms with Gasteiger partial charge >= 0.3 is 5.97 Å². The number of carboxylic acid groups (broad SMARTS) is 1. The summed E-state index contributed by atoms with van der Waals surface area (Å²) >= 11 is 2.80. The molecule has 0 radical (unpaired) electrons. The number of thioether (sulfide) groups is 2. The lowest BCUT2D eigenvalue weighted by molar-refractivity contribution is -0.156. The first kappa shape index (κ1) is 16.7. The number of fused-ring (bicyclic) bond motifs is 1. The Labute approximate surface area is 132 Å². The number of aliphatic carboxylic acids is 1. The number of rotatable bonds is 6. The van der Waals surface area contributed by atoms with Crippen LogP contribution in [0.5, 0.6) is 0 Å². The Balaban J connectivity index is 2.25. The van der Waals surface area contributed by atoms with Gasteiger partial charge in [-0.05, 0) is 19.9 Å². The first-order chi connectivity index (χ1) is 9.69. The second kappa shape index (κ2) is 5.83. The second-order valence-electron chi connectivity index (χ2n) is 5.82. The number of β-lactam (4-membered cyclic amide) rings is 1. The van der Waals surface area contributed by atoms with E-state index in [0.29, 0.717) is 10.8 Å². The van der Waals surface area contributed by atoms with Crippen molar-refractivity contribution < 1.29 is 19.8 Å². The van der Waals surface area contributed by atoms with Crippen LogP contribution in [0.15, 0.2) is 9.93 Å². The smallest absolute Gasteiger partial charge is 0.354 e. The Morgan fingerprint density at radius 1 is 1.57 bits per heavy atom. The standard InChI is InChI=1S/C13H20N2O4S2/c1-6(16)7-9(17)15-8(11(18)19)12(20-10(7)15)21-13(2,3)4-5-14/h6-7,10,16H,4-5,14H2,1-3H3,(H,18,19)/t6?,7?,10-/m1/s1.